The van der Waals surface area contributed by atoms with Crippen LogP contribution in [0.15, 0.2) is 0 Å². The summed E-state index contributed by atoms with van der Waals surface area (Å²) in [6.07, 6.45) is 0. The fourth-order valence-electron chi connectivity index (χ4n) is 0. The van der Waals surface area contributed by atoms with Crippen LogP contribution in [0.3, 0.4) is 0 Å². The third-order valence-electron chi connectivity index (χ3n) is 0. The molecule has 0 aliphatic carbocycles. The van der Waals surface area contributed by atoms with Gasteiger partial charge in [0.1, 0.15) is 0 Å². The maximum Gasteiger partial charge on any atom is 2.00 e. The van der Waals surface area contributed by atoms with Gasteiger partial charge in [-0.2, -0.15) is 0 Å². The van der Waals surface area contributed by atoms with Crippen molar-refractivity contribution >= 4 is 113 Å². The molecule has 0 N–H and O–H groups in total. The fraction of sp³-hybridized carbons (Fsp3) is 0. The van der Waals surface area contributed by atoms with E-state index in [0.29, 0.717) is 0 Å². The Kier molecular flexibility index (Phi) is 26900. The Balaban J connectivity index is -0.00000000396. The Labute approximate surface area is 180 Å². The zero-order chi connectivity index (χ0) is 12.0. The smallest absolute Gasteiger partial charge is 0.512 e. The topological polar surface area (TPSA) is 143 Å². The van der Waals surface area contributed by atoms with E-state index in [-0.39, 0.29) is 113 Å². The molecule has 0 aromatic carbocycles. The number of nitrogens with zero attached hydrogens (tertiary/aromatic N) is 6. The Morgan fingerprint density at radius 2 is 0.267 bits per heavy atom. The monoisotopic (exact) mass is 276 g/mol. The van der Waals surface area contributed by atoms with Gasteiger partial charge < -0.3 is 71.0 Å². The minimum absolute atomic E-state index is 0. The molecule has 9 heteroatoms. The molecule has 0 bridgehead atoms. The molecule has 0 fully saturated rings. The number of hydrogen-bond donors (Lipinski definition) is 0. The molecule has 0 aromatic heterocycles. The quantitative estimate of drug-likeness (QED) is 0.428. The van der Waals surface area contributed by atoms with E-state index in [0.717, 1.165) is 0 Å². The van der Waals surface area contributed by atoms with Gasteiger partial charge in [0.2, 0.25) is 0 Å². The van der Waals surface area contributed by atoms with Crippen LogP contribution >= 0.6 is 0 Å². The van der Waals surface area contributed by atoms with Gasteiger partial charge in [0.15, 0.2) is 0 Å². The molecule has 15 heavy (non-hydrogen) atoms. The first-order valence-electron chi connectivity index (χ1n) is 1.34. The van der Waals surface area contributed by atoms with Gasteiger partial charge in [-0.05, 0) is 0 Å². The predicted molar refractivity (Wildman–Crippen MR) is 47.1 cm³/mol. The maximum atomic E-state index is 6.25. The molecule has 0 aliphatic heterocycles. The second-order valence-electron chi connectivity index (χ2n) is 0. The van der Waals surface area contributed by atoms with Gasteiger partial charge in [-0.25, -0.2) is 0 Å². The van der Waals surface area contributed by atoms with Crippen LogP contribution in [-0.2, 0) is 0 Å². The molecule has 0 rings (SSSR count). The first kappa shape index (κ1) is 75.4. The Bertz CT molecular complexity index is 97.9. The average Bonchev–Trinajstić information content (AvgIpc) is 2.33. The van der Waals surface area contributed by atoms with Crippen LogP contribution in [0.2, 0.25) is 0 Å². The standard InChI is InChI=1S/6CN.3Ca/c6*1-2;;;/q6*-1;3*+2. The summed E-state index contributed by atoms with van der Waals surface area (Å²) in [6.45, 7) is 28.5. The first-order chi connectivity index (χ1) is 6.00. The van der Waals surface area contributed by atoms with Crippen molar-refractivity contribution in [2.24, 2.45) is 0 Å². The number of rotatable bonds is 0. The summed E-state index contributed by atoms with van der Waals surface area (Å²) in [5, 5.41) is 37.5. The second kappa shape index (κ2) is 5360. The largest absolute Gasteiger partial charge is 2.00 e. The molecule has 0 amide bonds. The summed E-state index contributed by atoms with van der Waals surface area (Å²) in [5.41, 5.74) is 0. The van der Waals surface area contributed by atoms with Crippen molar-refractivity contribution in [2.45, 2.75) is 0 Å². The van der Waals surface area contributed by atoms with Crippen molar-refractivity contribution in [1.82, 2.24) is 0 Å². The molecule has 60 valence electrons. The summed E-state index contributed by atoms with van der Waals surface area (Å²) in [5.74, 6) is 0. The third-order valence-corrected chi connectivity index (χ3v) is 0. The van der Waals surface area contributed by atoms with Crippen molar-refractivity contribution in [3.05, 3.63) is 39.4 Å². The molecule has 0 atom stereocenters. The maximum absolute atomic E-state index is 6.25. The zero-order valence-corrected chi connectivity index (χ0v) is 14.4. The van der Waals surface area contributed by atoms with Gasteiger partial charge in [0.25, 0.3) is 0 Å². The van der Waals surface area contributed by atoms with E-state index < -0.39 is 0 Å². The SMILES string of the molecule is [C-]#N.[C-]#N.[C-]#N.[C-]#N.[C-]#N.[C-]#N.[Ca+2].[Ca+2].[Ca+2]. The summed E-state index contributed by atoms with van der Waals surface area (Å²) < 4.78 is 0. The van der Waals surface area contributed by atoms with Crippen molar-refractivity contribution in [2.75, 3.05) is 0 Å². The van der Waals surface area contributed by atoms with E-state index >= 15 is 0 Å². The summed E-state index contributed by atoms with van der Waals surface area (Å²) in [4.78, 5) is 0. The Hall–Kier alpha value is 0.719. The molecule has 0 saturated heterocycles. The van der Waals surface area contributed by atoms with E-state index in [4.69, 9.17) is 71.0 Å². The molecule has 0 aromatic rings. The van der Waals surface area contributed by atoms with Gasteiger partial charge in [-0.3, -0.25) is 0 Å². The van der Waals surface area contributed by atoms with Crippen molar-refractivity contribution in [3.8, 4) is 0 Å². The van der Waals surface area contributed by atoms with Crippen molar-refractivity contribution in [1.29, 1.82) is 31.6 Å². The normalized spacial score (nSPS) is 0.800. The molecule has 0 heterocycles. The van der Waals surface area contributed by atoms with Crippen molar-refractivity contribution in [3.63, 3.8) is 0 Å². The molecule has 0 aliphatic rings. The van der Waals surface area contributed by atoms with Crippen LogP contribution in [0.5, 0.6) is 0 Å². The van der Waals surface area contributed by atoms with Gasteiger partial charge in [0, 0.05) is 0 Å². The van der Waals surface area contributed by atoms with E-state index in [1.54, 1.807) is 0 Å². The first-order valence-corrected chi connectivity index (χ1v) is 1.34. The van der Waals surface area contributed by atoms with Gasteiger partial charge in [-0.15, -0.1) is 0 Å². The Morgan fingerprint density at radius 1 is 0.267 bits per heavy atom. The Morgan fingerprint density at radius 3 is 0.267 bits per heavy atom. The van der Waals surface area contributed by atoms with Gasteiger partial charge >= 0.3 is 113 Å². The number of hydrogen-bond acceptors (Lipinski definition) is 6. The molecule has 0 unspecified atom stereocenters. The third kappa shape index (κ3) is 4600. The van der Waals surface area contributed by atoms with Crippen LogP contribution < -0.4 is 0 Å². The van der Waals surface area contributed by atoms with Crippen LogP contribution in [0.1, 0.15) is 0 Å². The van der Waals surface area contributed by atoms with E-state index in [1.165, 1.54) is 0 Å². The van der Waals surface area contributed by atoms with Crippen LogP contribution in [0.4, 0.5) is 0 Å². The summed E-state index contributed by atoms with van der Waals surface area (Å²) in [6, 6.07) is 0. The van der Waals surface area contributed by atoms with Crippen LogP contribution in [0, 0.1) is 71.0 Å². The van der Waals surface area contributed by atoms with Gasteiger partial charge in [0.05, 0.1) is 0 Å². The zero-order valence-electron chi connectivity index (χ0n) is 7.80. The molecular weight excluding hydrogens is 276 g/mol. The molecular formula is C6Ca3N6. The average molecular weight is 276 g/mol. The molecule has 6 nitrogen and oxygen atoms in total. The van der Waals surface area contributed by atoms with E-state index in [1.807, 2.05) is 0 Å². The fourth-order valence-corrected chi connectivity index (χ4v) is 0. The second-order valence-corrected chi connectivity index (χ2v) is 0. The molecule has 0 radical (unpaired) electrons. The van der Waals surface area contributed by atoms with Gasteiger partial charge in [-0.1, -0.05) is 0 Å². The summed E-state index contributed by atoms with van der Waals surface area (Å²) >= 11 is 0. The van der Waals surface area contributed by atoms with Crippen molar-refractivity contribution < 1.29 is 0 Å². The van der Waals surface area contributed by atoms with Crippen LogP contribution in [-0.4, -0.2) is 113 Å². The predicted octanol–water partition coefficient (Wildman–Crippen LogP) is -0.564. The summed E-state index contributed by atoms with van der Waals surface area (Å²) in [7, 11) is 0. The molecule has 0 spiro atoms. The minimum atomic E-state index is 0. The van der Waals surface area contributed by atoms with E-state index in [2.05, 4.69) is 0 Å². The minimum Gasteiger partial charge on any atom is -0.512 e. The molecule has 0 saturated carbocycles. The van der Waals surface area contributed by atoms with E-state index in [9.17, 15) is 0 Å². The van der Waals surface area contributed by atoms with Crippen LogP contribution in [0.25, 0.3) is 0 Å².